The minimum Gasteiger partial charge on any atom is -0.355 e. The average molecular weight is 194 g/mol. The van der Waals surface area contributed by atoms with E-state index < -0.39 is 0 Å². The Hall–Kier alpha value is -0.570. The van der Waals surface area contributed by atoms with Crippen molar-refractivity contribution in [3.05, 3.63) is 0 Å². The minimum atomic E-state index is 0.0790. The first kappa shape index (κ1) is 8.72. The standard InChI is InChI=1S/C11H18N2O/c14-9-11(1-2-11)7-10(8-13-9)3-5-12-6-4-10/h12H,1-8H2,(H,13,14). The maximum absolute atomic E-state index is 11.7. The van der Waals surface area contributed by atoms with E-state index >= 15 is 0 Å². The molecule has 2 aliphatic heterocycles. The fourth-order valence-corrected chi connectivity index (χ4v) is 3.18. The topological polar surface area (TPSA) is 41.1 Å². The van der Waals surface area contributed by atoms with Gasteiger partial charge in [0.05, 0.1) is 0 Å². The summed E-state index contributed by atoms with van der Waals surface area (Å²) in [5.41, 5.74) is 0.519. The number of amides is 1. The number of nitrogens with one attached hydrogen (secondary N) is 2. The Kier molecular flexibility index (Phi) is 1.69. The van der Waals surface area contributed by atoms with Crippen LogP contribution in [0.1, 0.15) is 32.1 Å². The largest absolute Gasteiger partial charge is 0.355 e. The molecule has 0 bridgehead atoms. The van der Waals surface area contributed by atoms with Crippen LogP contribution in [-0.4, -0.2) is 25.5 Å². The monoisotopic (exact) mass is 194 g/mol. The summed E-state index contributed by atoms with van der Waals surface area (Å²) in [7, 11) is 0. The highest BCUT2D eigenvalue weighted by atomic mass is 16.2. The molecule has 0 atom stereocenters. The molecule has 0 radical (unpaired) electrons. The molecule has 14 heavy (non-hydrogen) atoms. The van der Waals surface area contributed by atoms with Gasteiger partial charge in [0.2, 0.25) is 5.91 Å². The molecule has 3 fully saturated rings. The van der Waals surface area contributed by atoms with E-state index in [1.54, 1.807) is 0 Å². The van der Waals surface area contributed by atoms with Gasteiger partial charge in [0, 0.05) is 12.0 Å². The van der Waals surface area contributed by atoms with Crippen LogP contribution in [0.4, 0.5) is 0 Å². The number of hydrogen-bond donors (Lipinski definition) is 2. The zero-order valence-electron chi connectivity index (χ0n) is 8.57. The van der Waals surface area contributed by atoms with Crippen LogP contribution in [0.3, 0.4) is 0 Å². The summed E-state index contributed by atoms with van der Waals surface area (Å²) in [4.78, 5) is 11.7. The number of piperidine rings is 2. The number of carbonyl (C=O) groups excluding carboxylic acids is 1. The third-order valence-electron chi connectivity index (χ3n) is 4.34. The van der Waals surface area contributed by atoms with Crippen LogP contribution in [0.25, 0.3) is 0 Å². The summed E-state index contributed by atoms with van der Waals surface area (Å²) in [6.45, 7) is 3.19. The zero-order valence-corrected chi connectivity index (χ0v) is 8.57. The first-order valence-corrected chi connectivity index (χ1v) is 5.74. The van der Waals surface area contributed by atoms with Crippen molar-refractivity contribution in [3.8, 4) is 0 Å². The molecule has 3 rings (SSSR count). The smallest absolute Gasteiger partial charge is 0.226 e. The molecule has 2 N–H and O–H groups in total. The Labute approximate surface area is 84.6 Å². The van der Waals surface area contributed by atoms with Crippen molar-refractivity contribution in [2.24, 2.45) is 10.8 Å². The van der Waals surface area contributed by atoms with E-state index in [1.807, 2.05) is 0 Å². The first-order chi connectivity index (χ1) is 6.75. The second-order valence-electron chi connectivity index (χ2n) is 5.39. The van der Waals surface area contributed by atoms with Gasteiger partial charge in [0.25, 0.3) is 0 Å². The van der Waals surface area contributed by atoms with Gasteiger partial charge in [0.15, 0.2) is 0 Å². The Morgan fingerprint density at radius 3 is 2.43 bits per heavy atom. The number of hydrogen-bond acceptors (Lipinski definition) is 2. The molecular formula is C11H18N2O. The van der Waals surface area contributed by atoms with Crippen LogP contribution in [0.2, 0.25) is 0 Å². The Balaban J connectivity index is 1.79. The van der Waals surface area contributed by atoms with Crippen molar-refractivity contribution in [2.75, 3.05) is 19.6 Å². The maximum atomic E-state index is 11.7. The molecule has 0 aromatic heterocycles. The van der Waals surface area contributed by atoms with Crippen LogP contribution in [0.15, 0.2) is 0 Å². The predicted octanol–water partition coefficient (Wildman–Crippen LogP) is 0.656. The maximum Gasteiger partial charge on any atom is 0.226 e. The van der Waals surface area contributed by atoms with Crippen molar-refractivity contribution in [1.29, 1.82) is 0 Å². The molecule has 3 heteroatoms. The Morgan fingerprint density at radius 1 is 1.07 bits per heavy atom. The van der Waals surface area contributed by atoms with E-state index in [0.29, 0.717) is 11.3 Å². The van der Waals surface area contributed by atoms with Gasteiger partial charge in [-0.1, -0.05) is 0 Å². The molecule has 3 aliphatic rings. The van der Waals surface area contributed by atoms with Crippen molar-refractivity contribution in [2.45, 2.75) is 32.1 Å². The molecular weight excluding hydrogens is 176 g/mol. The van der Waals surface area contributed by atoms with Crippen LogP contribution < -0.4 is 10.6 Å². The molecule has 2 saturated heterocycles. The van der Waals surface area contributed by atoms with Crippen molar-refractivity contribution >= 4 is 5.91 Å². The average Bonchev–Trinajstić information content (AvgIpc) is 2.95. The summed E-state index contributed by atoms with van der Waals surface area (Å²) in [5.74, 6) is 0.335. The Bertz CT molecular complexity index is 264. The third kappa shape index (κ3) is 1.18. The van der Waals surface area contributed by atoms with Gasteiger partial charge in [0.1, 0.15) is 0 Å². The lowest BCUT2D eigenvalue weighted by Gasteiger charge is -2.44. The SMILES string of the molecule is O=C1NCC2(CCNCC2)CC12CC2. The van der Waals surface area contributed by atoms with Crippen LogP contribution in [0, 0.1) is 10.8 Å². The molecule has 1 amide bonds. The summed E-state index contributed by atoms with van der Waals surface area (Å²) in [6.07, 6.45) is 5.92. The lowest BCUT2D eigenvalue weighted by molar-refractivity contribution is -0.132. The van der Waals surface area contributed by atoms with Gasteiger partial charge in [-0.2, -0.15) is 0 Å². The lowest BCUT2D eigenvalue weighted by atomic mass is 9.69. The van der Waals surface area contributed by atoms with Gasteiger partial charge in [-0.3, -0.25) is 4.79 Å². The second-order valence-corrected chi connectivity index (χ2v) is 5.39. The molecule has 3 nitrogen and oxygen atoms in total. The molecule has 0 aromatic rings. The highest BCUT2D eigenvalue weighted by Gasteiger charge is 2.57. The third-order valence-corrected chi connectivity index (χ3v) is 4.34. The van der Waals surface area contributed by atoms with Crippen LogP contribution >= 0.6 is 0 Å². The minimum absolute atomic E-state index is 0.0790. The summed E-state index contributed by atoms with van der Waals surface area (Å²) in [6, 6.07) is 0. The number of rotatable bonds is 0. The van der Waals surface area contributed by atoms with Crippen molar-refractivity contribution in [1.82, 2.24) is 10.6 Å². The molecule has 1 saturated carbocycles. The van der Waals surface area contributed by atoms with Crippen LogP contribution in [-0.2, 0) is 4.79 Å². The van der Waals surface area contributed by atoms with E-state index in [1.165, 1.54) is 12.8 Å². The highest BCUT2D eigenvalue weighted by Crippen LogP contribution is 2.57. The highest BCUT2D eigenvalue weighted by molar-refractivity contribution is 5.86. The zero-order chi connectivity index (χ0) is 9.65. The van der Waals surface area contributed by atoms with E-state index in [-0.39, 0.29) is 5.41 Å². The van der Waals surface area contributed by atoms with Gasteiger partial charge in [-0.15, -0.1) is 0 Å². The molecule has 2 spiro atoms. The van der Waals surface area contributed by atoms with E-state index in [0.717, 1.165) is 38.9 Å². The predicted molar refractivity (Wildman–Crippen MR) is 53.8 cm³/mol. The van der Waals surface area contributed by atoms with Crippen molar-refractivity contribution in [3.63, 3.8) is 0 Å². The summed E-state index contributed by atoms with van der Waals surface area (Å²) in [5, 5.41) is 6.53. The van der Waals surface area contributed by atoms with E-state index in [9.17, 15) is 4.79 Å². The van der Waals surface area contributed by atoms with Gasteiger partial charge in [-0.25, -0.2) is 0 Å². The second kappa shape index (κ2) is 2.72. The quantitative estimate of drug-likeness (QED) is 0.594. The first-order valence-electron chi connectivity index (χ1n) is 5.74. The number of carbonyl (C=O) groups is 1. The van der Waals surface area contributed by atoms with Crippen LogP contribution in [0.5, 0.6) is 0 Å². The summed E-state index contributed by atoms with van der Waals surface area (Å²) < 4.78 is 0. The van der Waals surface area contributed by atoms with Gasteiger partial charge < -0.3 is 10.6 Å². The van der Waals surface area contributed by atoms with Gasteiger partial charge in [-0.05, 0) is 50.6 Å². The molecule has 1 aliphatic carbocycles. The normalized spacial score (nSPS) is 33.0. The van der Waals surface area contributed by atoms with Gasteiger partial charge >= 0.3 is 0 Å². The van der Waals surface area contributed by atoms with Crippen molar-refractivity contribution < 1.29 is 4.79 Å². The fourth-order valence-electron chi connectivity index (χ4n) is 3.18. The molecule has 0 unspecified atom stereocenters. The Morgan fingerprint density at radius 2 is 1.79 bits per heavy atom. The molecule has 0 aromatic carbocycles. The summed E-state index contributed by atoms with van der Waals surface area (Å²) >= 11 is 0. The molecule has 78 valence electrons. The lowest BCUT2D eigenvalue weighted by Crippen LogP contribution is -2.53. The molecule has 2 heterocycles. The van der Waals surface area contributed by atoms with E-state index in [4.69, 9.17) is 0 Å². The van der Waals surface area contributed by atoms with E-state index in [2.05, 4.69) is 10.6 Å². The fraction of sp³-hybridized carbons (Fsp3) is 0.909.